The summed E-state index contributed by atoms with van der Waals surface area (Å²) in [6.07, 6.45) is 0.658. The van der Waals surface area contributed by atoms with E-state index >= 15 is 0 Å². The number of thiocarbonyl (C=S) groups is 1. The zero-order valence-electron chi connectivity index (χ0n) is 10.5. The van der Waals surface area contributed by atoms with Gasteiger partial charge in [0.05, 0.1) is 0 Å². The summed E-state index contributed by atoms with van der Waals surface area (Å²) in [6, 6.07) is 13.0. The maximum atomic E-state index is 13.8. The van der Waals surface area contributed by atoms with Gasteiger partial charge in [-0.1, -0.05) is 30.3 Å². The van der Waals surface area contributed by atoms with Crippen LogP contribution in [-0.2, 0) is 6.42 Å². The van der Waals surface area contributed by atoms with Crippen LogP contribution >= 0.6 is 28.1 Å². The van der Waals surface area contributed by atoms with Crippen LogP contribution in [0.2, 0.25) is 0 Å². The molecule has 2 rings (SSSR count). The van der Waals surface area contributed by atoms with E-state index in [2.05, 4.69) is 31.5 Å². The number of benzene rings is 1. The fraction of sp³-hybridized carbons (Fsp3) is 0.143. The molecule has 0 spiro atoms. The van der Waals surface area contributed by atoms with Crippen molar-refractivity contribution in [3.8, 4) is 0 Å². The fourth-order valence-corrected chi connectivity index (χ4v) is 2.08. The third kappa shape index (κ3) is 4.86. The first-order valence-corrected chi connectivity index (χ1v) is 7.20. The Hall–Kier alpha value is -1.53. The van der Waals surface area contributed by atoms with E-state index in [4.69, 9.17) is 12.2 Å². The SMILES string of the molecule is FC(Cc1ccccc1)NC(=S)Nc1ccc(Br)cn1. The molecule has 1 atom stereocenters. The molecule has 0 aliphatic heterocycles. The van der Waals surface area contributed by atoms with E-state index in [0.717, 1.165) is 10.0 Å². The van der Waals surface area contributed by atoms with Crippen LogP contribution in [0.25, 0.3) is 0 Å². The highest BCUT2D eigenvalue weighted by molar-refractivity contribution is 9.10. The van der Waals surface area contributed by atoms with Gasteiger partial charge in [0.2, 0.25) is 0 Å². The maximum Gasteiger partial charge on any atom is 0.175 e. The average molecular weight is 354 g/mol. The Balaban J connectivity index is 1.83. The molecule has 1 aromatic carbocycles. The van der Waals surface area contributed by atoms with E-state index in [9.17, 15) is 4.39 Å². The lowest BCUT2D eigenvalue weighted by Gasteiger charge is -2.14. The van der Waals surface area contributed by atoms with Crippen LogP contribution in [0.4, 0.5) is 10.2 Å². The molecule has 20 heavy (non-hydrogen) atoms. The van der Waals surface area contributed by atoms with E-state index in [-0.39, 0.29) is 11.5 Å². The largest absolute Gasteiger partial charge is 0.333 e. The number of halogens is 2. The topological polar surface area (TPSA) is 37.0 Å². The number of nitrogens with zero attached hydrogens (tertiary/aromatic N) is 1. The molecule has 0 aliphatic carbocycles. The van der Waals surface area contributed by atoms with Crippen molar-refractivity contribution in [2.45, 2.75) is 12.7 Å². The highest BCUT2D eigenvalue weighted by atomic mass is 79.9. The van der Waals surface area contributed by atoms with Crippen molar-refractivity contribution in [2.24, 2.45) is 0 Å². The minimum atomic E-state index is -1.24. The zero-order valence-corrected chi connectivity index (χ0v) is 12.9. The van der Waals surface area contributed by atoms with Gasteiger partial charge in [-0.2, -0.15) is 0 Å². The Morgan fingerprint density at radius 2 is 2.00 bits per heavy atom. The molecule has 2 aromatic rings. The lowest BCUT2D eigenvalue weighted by atomic mass is 10.1. The van der Waals surface area contributed by atoms with Gasteiger partial charge in [0.1, 0.15) is 5.82 Å². The number of hydrogen-bond acceptors (Lipinski definition) is 2. The Bertz CT molecular complexity index is 562. The molecular formula is C14H13BrFN3S. The van der Waals surface area contributed by atoms with Gasteiger partial charge in [0, 0.05) is 17.1 Å². The summed E-state index contributed by atoms with van der Waals surface area (Å²) in [4.78, 5) is 4.10. The van der Waals surface area contributed by atoms with Crippen molar-refractivity contribution in [3.63, 3.8) is 0 Å². The summed E-state index contributed by atoms with van der Waals surface area (Å²) in [6.45, 7) is 0. The molecule has 1 aromatic heterocycles. The van der Waals surface area contributed by atoms with Gasteiger partial charge in [-0.25, -0.2) is 9.37 Å². The molecule has 6 heteroatoms. The third-order valence-corrected chi connectivity index (χ3v) is 3.20. The number of pyridine rings is 1. The average Bonchev–Trinajstić information content (AvgIpc) is 2.42. The second-order valence-corrected chi connectivity index (χ2v) is 5.44. The van der Waals surface area contributed by atoms with Gasteiger partial charge < -0.3 is 10.6 Å². The van der Waals surface area contributed by atoms with E-state index in [1.165, 1.54) is 0 Å². The molecule has 1 heterocycles. The number of nitrogens with one attached hydrogen (secondary N) is 2. The molecule has 1 unspecified atom stereocenters. The predicted octanol–water partition coefficient (Wildman–Crippen LogP) is 3.67. The van der Waals surface area contributed by atoms with E-state index in [1.807, 2.05) is 36.4 Å². The van der Waals surface area contributed by atoms with Crippen molar-refractivity contribution in [1.29, 1.82) is 0 Å². The Kier molecular flexibility index (Phi) is 5.43. The Labute approximate surface area is 130 Å². The highest BCUT2D eigenvalue weighted by Crippen LogP contribution is 2.10. The zero-order chi connectivity index (χ0) is 14.4. The molecule has 3 nitrogen and oxygen atoms in total. The van der Waals surface area contributed by atoms with Gasteiger partial charge in [0.25, 0.3) is 0 Å². The molecule has 0 saturated carbocycles. The van der Waals surface area contributed by atoms with Crippen molar-refractivity contribution in [1.82, 2.24) is 10.3 Å². The number of rotatable bonds is 4. The van der Waals surface area contributed by atoms with Gasteiger partial charge in [-0.15, -0.1) is 0 Å². The maximum absolute atomic E-state index is 13.8. The second kappa shape index (κ2) is 7.31. The molecular weight excluding hydrogens is 341 g/mol. The molecule has 0 aliphatic rings. The molecule has 104 valence electrons. The lowest BCUT2D eigenvalue weighted by Crippen LogP contribution is -2.36. The standard InChI is InChI=1S/C14H13BrFN3S/c15-11-6-7-13(17-9-11)19-14(20)18-12(16)8-10-4-2-1-3-5-10/h1-7,9,12H,8H2,(H2,17,18,19,20). The molecule has 0 amide bonds. The predicted molar refractivity (Wildman–Crippen MR) is 86.3 cm³/mol. The number of alkyl halides is 1. The first kappa shape index (κ1) is 14.9. The fourth-order valence-electron chi connectivity index (χ4n) is 1.62. The van der Waals surface area contributed by atoms with Crippen LogP contribution in [0, 0.1) is 0 Å². The number of anilines is 1. The molecule has 0 saturated heterocycles. The summed E-state index contributed by atoms with van der Waals surface area (Å²) >= 11 is 8.34. The van der Waals surface area contributed by atoms with Crippen molar-refractivity contribution in [3.05, 3.63) is 58.7 Å². The molecule has 0 bridgehead atoms. The van der Waals surface area contributed by atoms with Gasteiger partial charge in [-0.3, -0.25) is 0 Å². The first-order chi connectivity index (χ1) is 9.63. The van der Waals surface area contributed by atoms with E-state index in [1.54, 1.807) is 12.3 Å². The van der Waals surface area contributed by atoms with Gasteiger partial charge in [-0.05, 0) is 45.8 Å². The molecule has 2 N–H and O–H groups in total. The van der Waals surface area contributed by atoms with Crippen LogP contribution in [0.3, 0.4) is 0 Å². The van der Waals surface area contributed by atoms with E-state index < -0.39 is 6.30 Å². The van der Waals surface area contributed by atoms with Crippen LogP contribution in [-0.4, -0.2) is 16.4 Å². The van der Waals surface area contributed by atoms with E-state index in [0.29, 0.717) is 5.82 Å². The summed E-state index contributed by atoms with van der Waals surface area (Å²) in [7, 11) is 0. The molecule has 0 fully saturated rings. The summed E-state index contributed by atoms with van der Waals surface area (Å²) in [5.74, 6) is 0.567. The second-order valence-electron chi connectivity index (χ2n) is 4.12. The Morgan fingerprint density at radius 1 is 1.25 bits per heavy atom. The smallest absolute Gasteiger partial charge is 0.175 e. The number of hydrogen-bond donors (Lipinski definition) is 2. The summed E-state index contributed by atoms with van der Waals surface area (Å²) in [5, 5.41) is 5.64. The van der Waals surface area contributed by atoms with Gasteiger partial charge in [0.15, 0.2) is 11.4 Å². The van der Waals surface area contributed by atoms with Crippen LogP contribution in [0.1, 0.15) is 5.56 Å². The van der Waals surface area contributed by atoms with Crippen molar-refractivity contribution >= 4 is 39.1 Å². The monoisotopic (exact) mass is 353 g/mol. The van der Waals surface area contributed by atoms with Crippen LogP contribution in [0.15, 0.2) is 53.1 Å². The lowest BCUT2D eigenvalue weighted by molar-refractivity contribution is 0.311. The third-order valence-electron chi connectivity index (χ3n) is 2.51. The van der Waals surface area contributed by atoms with Crippen molar-refractivity contribution < 1.29 is 4.39 Å². The minimum absolute atomic E-state index is 0.211. The first-order valence-electron chi connectivity index (χ1n) is 6.00. The normalized spacial score (nSPS) is 11.7. The quantitative estimate of drug-likeness (QED) is 0.649. The number of aromatic nitrogens is 1. The minimum Gasteiger partial charge on any atom is -0.333 e. The van der Waals surface area contributed by atoms with Crippen LogP contribution in [0.5, 0.6) is 0 Å². The Morgan fingerprint density at radius 3 is 2.65 bits per heavy atom. The van der Waals surface area contributed by atoms with Crippen LogP contribution < -0.4 is 10.6 Å². The molecule has 0 radical (unpaired) electrons. The summed E-state index contributed by atoms with van der Waals surface area (Å²) < 4.78 is 14.7. The highest BCUT2D eigenvalue weighted by Gasteiger charge is 2.09. The van der Waals surface area contributed by atoms with Gasteiger partial charge >= 0.3 is 0 Å². The summed E-state index contributed by atoms with van der Waals surface area (Å²) in [5.41, 5.74) is 0.914. The van der Waals surface area contributed by atoms with Crippen molar-refractivity contribution in [2.75, 3.05) is 5.32 Å².